The van der Waals surface area contributed by atoms with Gasteiger partial charge < -0.3 is 20.1 Å². The standard InChI is InChI=1S/C19H30N2O3/c1-4-21(16-10-13-24-19(2,3)14-16)11-5-12-23-17-8-6-15(7-9-17)18(20)22/h6-9,16H,4-5,10-14H2,1-3H3,(H2,20,22)/t16-/m1/s1. The summed E-state index contributed by atoms with van der Waals surface area (Å²) in [4.78, 5) is 13.6. The van der Waals surface area contributed by atoms with Crippen molar-refractivity contribution in [2.45, 2.75) is 51.7 Å². The predicted octanol–water partition coefficient (Wildman–Crippen LogP) is 2.83. The maximum atomic E-state index is 11.0. The molecule has 1 atom stereocenters. The van der Waals surface area contributed by atoms with Crippen LogP contribution in [-0.4, -0.2) is 48.8 Å². The number of primary amides is 1. The molecule has 1 fully saturated rings. The third kappa shape index (κ3) is 5.49. The first kappa shape index (κ1) is 18.7. The van der Waals surface area contributed by atoms with E-state index in [0.717, 1.165) is 44.7 Å². The quantitative estimate of drug-likeness (QED) is 0.743. The molecular weight excluding hydrogens is 304 g/mol. The molecule has 0 radical (unpaired) electrons. The van der Waals surface area contributed by atoms with Gasteiger partial charge in [-0.25, -0.2) is 0 Å². The molecule has 1 heterocycles. The van der Waals surface area contributed by atoms with E-state index in [4.69, 9.17) is 15.2 Å². The van der Waals surface area contributed by atoms with Crippen LogP contribution in [0.25, 0.3) is 0 Å². The van der Waals surface area contributed by atoms with Crippen LogP contribution in [0.15, 0.2) is 24.3 Å². The van der Waals surface area contributed by atoms with Crippen molar-refractivity contribution in [2.75, 3.05) is 26.3 Å². The Labute approximate surface area is 145 Å². The van der Waals surface area contributed by atoms with Gasteiger partial charge in [-0.1, -0.05) is 6.92 Å². The van der Waals surface area contributed by atoms with Gasteiger partial charge in [0.1, 0.15) is 5.75 Å². The molecule has 0 aliphatic carbocycles. The minimum absolute atomic E-state index is 0.0188. The Bertz CT molecular complexity index is 528. The number of nitrogens with zero attached hydrogens (tertiary/aromatic N) is 1. The van der Waals surface area contributed by atoms with Crippen LogP contribution < -0.4 is 10.5 Å². The minimum atomic E-state index is -0.417. The van der Waals surface area contributed by atoms with Crippen LogP contribution in [0.2, 0.25) is 0 Å². The molecule has 1 aromatic rings. The third-order valence-corrected chi connectivity index (χ3v) is 4.59. The Kier molecular flexibility index (Phi) is 6.63. The van der Waals surface area contributed by atoms with Crippen molar-refractivity contribution in [2.24, 2.45) is 5.73 Å². The molecule has 1 saturated heterocycles. The number of carbonyl (C=O) groups excluding carboxylic acids is 1. The number of carbonyl (C=O) groups is 1. The van der Waals surface area contributed by atoms with Gasteiger partial charge in [0, 0.05) is 24.8 Å². The molecule has 0 aromatic heterocycles. The second-order valence-corrected chi connectivity index (χ2v) is 6.97. The van der Waals surface area contributed by atoms with Crippen molar-refractivity contribution in [1.82, 2.24) is 4.90 Å². The van der Waals surface area contributed by atoms with E-state index in [2.05, 4.69) is 25.7 Å². The van der Waals surface area contributed by atoms with E-state index in [9.17, 15) is 4.79 Å². The van der Waals surface area contributed by atoms with Gasteiger partial charge in [-0.05, 0) is 63.9 Å². The Balaban J connectivity index is 1.74. The van der Waals surface area contributed by atoms with E-state index >= 15 is 0 Å². The molecule has 24 heavy (non-hydrogen) atoms. The average Bonchev–Trinajstić information content (AvgIpc) is 2.54. The summed E-state index contributed by atoms with van der Waals surface area (Å²) in [7, 11) is 0. The van der Waals surface area contributed by atoms with Gasteiger partial charge in [0.2, 0.25) is 5.91 Å². The minimum Gasteiger partial charge on any atom is -0.494 e. The number of ether oxygens (including phenoxy) is 2. The van der Waals surface area contributed by atoms with Crippen LogP contribution in [-0.2, 0) is 4.74 Å². The summed E-state index contributed by atoms with van der Waals surface area (Å²) in [6, 6.07) is 7.56. The summed E-state index contributed by atoms with van der Waals surface area (Å²) in [5.41, 5.74) is 5.71. The molecule has 0 bridgehead atoms. The van der Waals surface area contributed by atoms with Crippen molar-refractivity contribution in [3.8, 4) is 5.75 Å². The third-order valence-electron chi connectivity index (χ3n) is 4.59. The zero-order chi connectivity index (χ0) is 17.6. The molecule has 1 amide bonds. The number of benzene rings is 1. The molecule has 5 heteroatoms. The fourth-order valence-corrected chi connectivity index (χ4v) is 3.28. The molecular formula is C19H30N2O3. The number of nitrogens with two attached hydrogens (primary N) is 1. The molecule has 5 nitrogen and oxygen atoms in total. The largest absolute Gasteiger partial charge is 0.494 e. The highest BCUT2D eigenvalue weighted by Crippen LogP contribution is 2.27. The number of rotatable bonds is 8. The number of amides is 1. The summed E-state index contributed by atoms with van der Waals surface area (Å²) in [6.07, 6.45) is 3.16. The Morgan fingerprint density at radius 2 is 2.08 bits per heavy atom. The SMILES string of the molecule is CCN(CCCOc1ccc(C(N)=O)cc1)[C@@H]1CCOC(C)(C)C1. The first-order valence-corrected chi connectivity index (χ1v) is 8.82. The highest BCUT2D eigenvalue weighted by Gasteiger charge is 2.31. The van der Waals surface area contributed by atoms with Crippen molar-refractivity contribution >= 4 is 5.91 Å². The van der Waals surface area contributed by atoms with E-state index < -0.39 is 5.91 Å². The Morgan fingerprint density at radius 3 is 2.67 bits per heavy atom. The monoisotopic (exact) mass is 334 g/mol. The number of hydrogen-bond donors (Lipinski definition) is 1. The maximum Gasteiger partial charge on any atom is 0.248 e. The van der Waals surface area contributed by atoms with Gasteiger partial charge in [0.25, 0.3) is 0 Å². The van der Waals surface area contributed by atoms with Gasteiger partial charge in [-0.2, -0.15) is 0 Å². The zero-order valence-electron chi connectivity index (χ0n) is 15.1. The predicted molar refractivity (Wildman–Crippen MR) is 95.4 cm³/mol. The van der Waals surface area contributed by atoms with Gasteiger partial charge in [-0.3, -0.25) is 4.79 Å². The highest BCUT2D eigenvalue weighted by atomic mass is 16.5. The summed E-state index contributed by atoms with van der Waals surface area (Å²) in [5, 5.41) is 0. The molecule has 1 aromatic carbocycles. The first-order chi connectivity index (χ1) is 11.4. The van der Waals surface area contributed by atoms with Crippen molar-refractivity contribution in [3.05, 3.63) is 29.8 Å². The van der Waals surface area contributed by atoms with Crippen LogP contribution in [0.3, 0.4) is 0 Å². The van der Waals surface area contributed by atoms with Crippen molar-refractivity contribution < 1.29 is 14.3 Å². The molecule has 2 rings (SSSR count). The highest BCUT2D eigenvalue weighted by molar-refractivity contribution is 5.92. The second-order valence-electron chi connectivity index (χ2n) is 6.97. The molecule has 1 aliphatic rings. The van der Waals surface area contributed by atoms with E-state index in [-0.39, 0.29) is 5.60 Å². The van der Waals surface area contributed by atoms with E-state index in [1.807, 2.05) is 0 Å². The lowest BCUT2D eigenvalue weighted by molar-refractivity contribution is -0.0829. The fraction of sp³-hybridized carbons (Fsp3) is 0.632. The maximum absolute atomic E-state index is 11.0. The normalized spacial score (nSPS) is 20.1. The summed E-state index contributed by atoms with van der Waals surface area (Å²) < 4.78 is 11.6. The average molecular weight is 334 g/mol. The lowest BCUT2D eigenvalue weighted by atomic mass is 9.92. The van der Waals surface area contributed by atoms with Crippen LogP contribution in [0.5, 0.6) is 5.75 Å². The molecule has 0 spiro atoms. The van der Waals surface area contributed by atoms with Gasteiger partial charge in [0.05, 0.1) is 12.2 Å². The molecule has 0 saturated carbocycles. The van der Waals surface area contributed by atoms with Crippen LogP contribution >= 0.6 is 0 Å². The lowest BCUT2D eigenvalue weighted by Crippen LogP contribution is -2.46. The van der Waals surface area contributed by atoms with E-state index in [0.29, 0.717) is 18.2 Å². The molecule has 1 aliphatic heterocycles. The topological polar surface area (TPSA) is 64.8 Å². The Hall–Kier alpha value is -1.59. The van der Waals surface area contributed by atoms with Crippen molar-refractivity contribution in [1.29, 1.82) is 0 Å². The van der Waals surface area contributed by atoms with E-state index in [1.165, 1.54) is 0 Å². The molecule has 2 N–H and O–H groups in total. The summed E-state index contributed by atoms with van der Waals surface area (Å²) in [5.74, 6) is 0.356. The smallest absolute Gasteiger partial charge is 0.248 e. The lowest BCUT2D eigenvalue weighted by Gasteiger charge is -2.41. The second kappa shape index (κ2) is 8.49. The summed E-state index contributed by atoms with van der Waals surface area (Å²) in [6.45, 7) is 10.1. The van der Waals surface area contributed by atoms with Gasteiger partial charge in [0.15, 0.2) is 0 Å². The van der Waals surface area contributed by atoms with Crippen molar-refractivity contribution in [3.63, 3.8) is 0 Å². The first-order valence-electron chi connectivity index (χ1n) is 8.82. The van der Waals surface area contributed by atoms with E-state index in [1.54, 1.807) is 24.3 Å². The molecule has 0 unspecified atom stereocenters. The van der Waals surface area contributed by atoms with Crippen LogP contribution in [0, 0.1) is 0 Å². The van der Waals surface area contributed by atoms with Crippen LogP contribution in [0.4, 0.5) is 0 Å². The fourth-order valence-electron chi connectivity index (χ4n) is 3.28. The zero-order valence-corrected chi connectivity index (χ0v) is 15.1. The van der Waals surface area contributed by atoms with Gasteiger partial charge >= 0.3 is 0 Å². The Morgan fingerprint density at radius 1 is 1.38 bits per heavy atom. The summed E-state index contributed by atoms with van der Waals surface area (Å²) >= 11 is 0. The number of hydrogen-bond acceptors (Lipinski definition) is 4. The van der Waals surface area contributed by atoms with Gasteiger partial charge in [-0.15, -0.1) is 0 Å². The van der Waals surface area contributed by atoms with Crippen LogP contribution in [0.1, 0.15) is 50.4 Å². The molecule has 134 valence electrons.